The molecule has 0 radical (unpaired) electrons. The highest BCUT2D eigenvalue weighted by Crippen LogP contribution is 2.38. The van der Waals surface area contributed by atoms with Crippen molar-refractivity contribution in [1.82, 2.24) is 20.4 Å². The van der Waals surface area contributed by atoms with Crippen LogP contribution in [0, 0.1) is 5.41 Å². The fraction of sp³-hybridized carbons (Fsp3) is 0.500. The molecule has 4 rings (SSSR count). The number of likely N-dealkylation sites (N-methyl/N-ethyl adjacent to an activating group) is 1. The lowest BCUT2D eigenvalue weighted by Crippen LogP contribution is -2.65. The highest BCUT2D eigenvalue weighted by molar-refractivity contribution is 6.47. The minimum Gasteiger partial charge on any atom is -0.535 e. The summed E-state index contributed by atoms with van der Waals surface area (Å²) in [6.45, 7) is 3.05. The third-order valence-corrected chi connectivity index (χ3v) is 6.93. The van der Waals surface area contributed by atoms with E-state index in [0.29, 0.717) is 25.2 Å². The van der Waals surface area contributed by atoms with Crippen LogP contribution in [0.2, 0.25) is 5.82 Å². The maximum atomic E-state index is 13.2. The van der Waals surface area contributed by atoms with Crippen LogP contribution < -0.4 is 15.3 Å². The monoisotopic (exact) mass is 486 g/mol. The van der Waals surface area contributed by atoms with E-state index in [1.165, 1.54) is 11.0 Å². The Morgan fingerprint density at radius 3 is 2.60 bits per heavy atom. The van der Waals surface area contributed by atoms with E-state index in [9.17, 15) is 34.1 Å². The van der Waals surface area contributed by atoms with Gasteiger partial charge in [0.05, 0.1) is 11.0 Å². The Bertz CT molecular complexity index is 1080. The Labute approximate surface area is 201 Å². The lowest BCUT2D eigenvalue weighted by atomic mass is 9.61. The number of fused-ring (bicyclic) bond motifs is 1. The van der Waals surface area contributed by atoms with Crippen LogP contribution in [0.4, 0.5) is 4.79 Å². The Morgan fingerprint density at radius 1 is 1.23 bits per heavy atom. The predicted molar refractivity (Wildman–Crippen MR) is 122 cm³/mol. The summed E-state index contributed by atoms with van der Waals surface area (Å²) in [5.74, 6) is -3.48. The third kappa shape index (κ3) is 4.60. The number of hydrogen-bond donors (Lipinski definition) is 4. The van der Waals surface area contributed by atoms with Gasteiger partial charge in [0.15, 0.2) is 0 Å². The number of nitrogens with one attached hydrogen (secondary N) is 2. The summed E-state index contributed by atoms with van der Waals surface area (Å²) in [6.07, 6.45) is 0.222. The number of Topliss-reactive ketones (excluding diaryl/α,β-unsaturated/α-hetero) is 1. The predicted octanol–water partition coefficient (Wildman–Crippen LogP) is -0.880. The van der Waals surface area contributed by atoms with Crippen LogP contribution in [0.15, 0.2) is 18.2 Å². The first kappa shape index (κ1) is 24.7. The fourth-order valence-corrected chi connectivity index (χ4v) is 4.64. The number of rotatable bonds is 7. The van der Waals surface area contributed by atoms with Gasteiger partial charge in [-0.05, 0) is 25.0 Å². The van der Waals surface area contributed by atoms with Crippen molar-refractivity contribution in [2.75, 3.05) is 39.3 Å². The molecule has 1 aromatic rings. The smallest absolute Gasteiger partial charge is 0.526 e. The minimum absolute atomic E-state index is 0.0312. The highest BCUT2D eigenvalue weighted by Gasteiger charge is 2.48. The molecule has 2 fully saturated rings. The summed E-state index contributed by atoms with van der Waals surface area (Å²) in [6, 6.07) is 3.94. The second-order valence-electron chi connectivity index (χ2n) is 9.08. The van der Waals surface area contributed by atoms with Gasteiger partial charge in [0.2, 0.25) is 0 Å². The van der Waals surface area contributed by atoms with Crippen molar-refractivity contribution in [2.24, 2.45) is 5.41 Å². The summed E-state index contributed by atoms with van der Waals surface area (Å²) >= 11 is 0. The lowest BCUT2D eigenvalue weighted by Gasteiger charge is -2.42. The third-order valence-electron chi connectivity index (χ3n) is 6.93. The van der Waals surface area contributed by atoms with Crippen molar-refractivity contribution in [3.8, 4) is 5.75 Å². The van der Waals surface area contributed by atoms with Gasteiger partial charge in [0.1, 0.15) is 11.5 Å². The zero-order valence-corrected chi connectivity index (χ0v) is 19.3. The molecule has 35 heavy (non-hydrogen) atoms. The summed E-state index contributed by atoms with van der Waals surface area (Å²) in [5.41, 5.74) is -0.380. The van der Waals surface area contributed by atoms with Crippen molar-refractivity contribution >= 4 is 36.7 Å². The van der Waals surface area contributed by atoms with E-state index in [0.717, 1.165) is 4.90 Å². The quantitative estimate of drug-likeness (QED) is 0.283. The van der Waals surface area contributed by atoms with Gasteiger partial charge in [-0.1, -0.05) is 12.1 Å². The van der Waals surface area contributed by atoms with Crippen molar-refractivity contribution < 1.29 is 38.8 Å². The van der Waals surface area contributed by atoms with Crippen LogP contribution >= 0.6 is 0 Å². The molecule has 13 heteroatoms. The zero-order valence-electron chi connectivity index (χ0n) is 19.3. The summed E-state index contributed by atoms with van der Waals surface area (Å²) < 4.78 is 5.48. The first-order valence-corrected chi connectivity index (χ1v) is 11.5. The molecule has 0 saturated carbocycles. The molecule has 0 bridgehead atoms. The van der Waals surface area contributed by atoms with Crippen LogP contribution in [0.5, 0.6) is 5.75 Å². The molecule has 2 saturated heterocycles. The number of carbonyl (C=O) groups is 5. The van der Waals surface area contributed by atoms with E-state index in [-0.39, 0.29) is 49.6 Å². The number of nitrogens with zero attached hydrogens (tertiary/aromatic N) is 2. The molecule has 0 aromatic heterocycles. The van der Waals surface area contributed by atoms with E-state index >= 15 is 0 Å². The topological polar surface area (TPSA) is 166 Å². The number of carboxylic acid groups (broad SMARTS) is 1. The molecule has 4 N–H and O–H groups in total. The molecule has 12 nitrogen and oxygen atoms in total. The Morgan fingerprint density at radius 2 is 1.97 bits per heavy atom. The van der Waals surface area contributed by atoms with Gasteiger partial charge in [0, 0.05) is 51.5 Å². The molecule has 3 heterocycles. The van der Waals surface area contributed by atoms with Crippen LogP contribution in [-0.2, 0) is 20.8 Å². The maximum Gasteiger partial charge on any atom is 0.526 e. The number of carboxylic acids is 1. The van der Waals surface area contributed by atoms with E-state index in [1.54, 1.807) is 19.1 Å². The van der Waals surface area contributed by atoms with E-state index in [1.807, 2.05) is 0 Å². The Balaban J connectivity index is 1.38. The first-order chi connectivity index (χ1) is 16.7. The average Bonchev–Trinajstić information content (AvgIpc) is 2.80. The molecule has 4 amide bonds. The Kier molecular flexibility index (Phi) is 6.81. The second kappa shape index (κ2) is 9.66. The van der Waals surface area contributed by atoms with Gasteiger partial charge in [-0.3, -0.25) is 19.3 Å². The number of aromatic carboxylic acids is 1. The molecule has 0 spiro atoms. The highest BCUT2D eigenvalue weighted by atomic mass is 16.5. The van der Waals surface area contributed by atoms with E-state index in [4.69, 9.17) is 4.65 Å². The number of hydrogen-bond acceptors (Lipinski definition) is 8. The van der Waals surface area contributed by atoms with Crippen LogP contribution in [-0.4, -0.2) is 95.9 Å². The lowest BCUT2D eigenvalue weighted by molar-refractivity contribution is -0.153. The fourth-order valence-electron chi connectivity index (χ4n) is 4.64. The number of urea groups is 1. The minimum atomic E-state index is -1.36. The van der Waals surface area contributed by atoms with Gasteiger partial charge in [0.25, 0.3) is 0 Å². The zero-order chi connectivity index (χ0) is 25.3. The molecule has 0 unspecified atom stereocenters. The molecule has 186 valence electrons. The molecular formula is C22H27BN4O8. The maximum absolute atomic E-state index is 13.2. The van der Waals surface area contributed by atoms with Crippen LogP contribution in [0.3, 0.4) is 0 Å². The van der Waals surface area contributed by atoms with Crippen molar-refractivity contribution in [3.05, 3.63) is 29.3 Å². The van der Waals surface area contributed by atoms with Crippen LogP contribution in [0.1, 0.15) is 29.3 Å². The Hall–Kier alpha value is -3.45. The molecule has 1 atom stereocenters. The van der Waals surface area contributed by atoms with E-state index in [2.05, 4.69) is 10.6 Å². The molecule has 3 aliphatic heterocycles. The average molecular weight is 486 g/mol. The molecule has 1 aromatic carbocycles. The summed E-state index contributed by atoms with van der Waals surface area (Å²) in [7, 11) is -1.36. The SMILES string of the molecule is CCN1CCN(C(=O)NCC2(C(=O)C[C@H]3Cc4cccc(C(=O)O)c4OB3O)CNC2)C(=O)C1=O. The summed E-state index contributed by atoms with van der Waals surface area (Å²) in [4.78, 5) is 63.8. The van der Waals surface area contributed by atoms with Crippen molar-refractivity contribution in [1.29, 1.82) is 0 Å². The number of piperazine rings is 1. The largest absolute Gasteiger partial charge is 0.535 e. The summed E-state index contributed by atoms with van der Waals surface area (Å²) in [5, 5.41) is 25.5. The number of para-hydroxylation sites is 1. The van der Waals surface area contributed by atoms with Crippen molar-refractivity contribution in [3.63, 3.8) is 0 Å². The van der Waals surface area contributed by atoms with Crippen LogP contribution in [0.25, 0.3) is 0 Å². The normalized spacial score (nSPS) is 21.1. The number of benzene rings is 1. The number of imide groups is 1. The number of amides is 4. The standard InChI is InChI=1S/C22H27BN4O8/c1-2-26-6-7-27(19(30)18(26)29)21(33)25-12-22(10-24-11-22)16(28)9-14-8-13-4-3-5-15(20(31)32)17(13)35-23(14)34/h3-5,14,24,34H,2,6-12H2,1H3,(H,25,33)(H,31,32)/t14-/m1/s1. The number of ketones is 1. The molecule has 0 aliphatic carbocycles. The molecular weight excluding hydrogens is 459 g/mol. The van der Waals surface area contributed by atoms with Gasteiger partial charge >= 0.3 is 30.9 Å². The first-order valence-electron chi connectivity index (χ1n) is 11.5. The second-order valence-corrected chi connectivity index (χ2v) is 9.08. The van der Waals surface area contributed by atoms with E-state index < -0.39 is 42.2 Å². The number of carbonyl (C=O) groups excluding carboxylic acids is 4. The van der Waals surface area contributed by atoms with Gasteiger partial charge < -0.3 is 30.3 Å². The molecule has 3 aliphatic rings. The van der Waals surface area contributed by atoms with Gasteiger partial charge in [-0.15, -0.1) is 0 Å². The van der Waals surface area contributed by atoms with Gasteiger partial charge in [-0.2, -0.15) is 0 Å². The van der Waals surface area contributed by atoms with Crippen molar-refractivity contribution in [2.45, 2.75) is 25.6 Å². The van der Waals surface area contributed by atoms with Gasteiger partial charge in [-0.25, -0.2) is 9.59 Å².